The molecular formula is C11H14BrClN2O2. The van der Waals surface area contributed by atoms with Gasteiger partial charge in [-0.05, 0) is 34.1 Å². The van der Waals surface area contributed by atoms with Crippen LogP contribution in [0.25, 0.3) is 0 Å². The summed E-state index contributed by atoms with van der Waals surface area (Å²) in [4.78, 5) is 11.6. The highest BCUT2D eigenvalue weighted by atomic mass is 79.9. The summed E-state index contributed by atoms with van der Waals surface area (Å²) in [7, 11) is 1.53. The van der Waals surface area contributed by atoms with Crippen LogP contribution in [0.3, 0.4) is 0 Å². The summed E-state index contributed by atoms with van der Waals surface area (Å²) in [6.45, 7) is 0.311. The standard InChI is InChI=1S/C11H14BrClN2O2/c1-17-8(6-14)5-11(16)15-7-2-3-9(12)10(13)4-7/h2-4,8H,5-6,14H2,1H3,(H,15,16). The first-order valence-corrected chi connectivity index (χ1v) is 6.21. The Kier molecular flexibility index (Phi) is 5.91. The molecule has 1 aromatic rings. The second-order valence-corrected chi connectivity index (χ2v) is 4.74. The van der Waals surface area contributed by atoms with Gasteiger partial charge in [0.15, 0.2) is 0 Å². The lowest BCUT2D eigenvalue weighted by molar-refractivity contribution is -0.118. The van der Waals surface area contributed by atoms with Crippen LogP contribution in [0.15, 0.2) is 22.7 Å². The van der Waals surface area contributed by atoms with Crippen molar-refractivity contribution in [2.75, 3.05) is 19.0 Å². The third-order valence-electron chi connectivity index (χ3n) is 2.21. The molecule has 0 aromatic heterocycles. The van der Waals surface area contributed by atoms with Crippen molar-refractivity contribution in [1.82, 2.24) is 0 Å². The molecule has 6 heteroatoms. The molecule has 0 aliphatic carbocycles. The number of carbonyl (C=O) groups excluding carboxylic acids is 1. The fourth-order valence-electron chi connectivity index (χ4n) is 1.26. The number of ether oxygens (including phenoxy) is 1. The number of amides is 1. The number of rotatable bonds is 5. The minimum atomic E-state index is -0.263. The van der Waals surface area contributed by atoms with Gasteiger partial charge in [-0.3, -0.25) is 4.79 Å². The molecule has 0 bridgehead atoms. The monoisotopic (exact) mass is 320 g/mol. The zero-order chi connectivity index (χ0) is 12.8. The zero-order valence-corrected chi connectivity index (χ0v) is 11.7. The second-order valence-electron chi connectivity index (χ2n) is 3.47. The van der Waals surface area contributed by atoms with E-state index in [4.69, 9.17) is 22.1 Å². The summed E-state index contributed by atoms with van der Waals surface area (Å²) in [6.07, 6.45) is -0.0401. The fraction of sp³-hybridized carbons (Fsp3) is 0.364. The van der Waals surface area contributed by atoms with Crippen LogP contribution in [0.5, 0.6) is 0 Å². The third-order valence-corrected chi connectivity index (χ3v) is 3.45. The Hall–Kier alpha value is -0.620. The van der Waals surface area contributed by atoms with E-state index in [1.165, 1.54) is 7.11 Å². The van der Waals surface area contributed by atoms with Gasteiger partial charge in [0.05, 0.1) is 17.5 Å². The van der Waals surface area contributed by atoms with E-state index < -0.39 is 0 Å². The minimum Gasteiger partial charge on any atom is -0.380 e. The van der Waals surface area contributed by atoms with E-state index in [1.54, 1.807) is 18.2 Å². The molecule has 1 atom stereocenters. The van der Waals surface area contributed by atoms with Crippen molar-refractivity contribution in [2.24, 2.45) is 5.73 Å². The van der Waals surface area contributed by atoms with Gasteiger partial charge >= 0.3 is 0 Å². The van der Waals surface area contributed by atoms with Crippen LogP contribution in [0.1, 0.15) is 6.42 Å². The predicted octanol–water partition coefficient (Wildman–Crippen LogP) is 2.40. The van der Waals surface area contributed by atoms with E-state index in [9.17, 15) is 4.79 Å². The molecule has 1 rings (SSSR count). The molecule has 3 N–H and O–H groups in total. The number of anilines is 1. The van der Waals surface area contributed by atoms with Crippen molar-refractivity contribution in [3.05, 3.63) is 27.7 Å². The van der Waals surface area contributed by atoms with Crippen LogP contribution in [-0.4, -0.2) is 25.7 Å². The van der Waals surface area contributed by atoms with Crippen LogP contribution in [-0.2, 0) is 9.53 Å². The first-order chi connectivity index (χ1) is 8.06. The highest BCUT2D eigenvalue weighted by Gasteiger charge is 2.11. The summed E-state index contributed by atoms with van der Waals surface area (Å²) >= 11 is 9.19. The van der Waals surface area contributed by atoms with E-state index in [0.29, 0.717) is 17.3 Å². The second kappa shape index (κ2) is 6.96. The Labute approximate surface area is 114 Å². The van der Waals surface area contributed by atoms with Gasteiger partial charge in [0.1, 0.15) is 0 Å². The maximum absolute atomic E-state index is 11.6. The maximum atomic E-state index is 11.6. The number of hydrogen-bond acceptors (Lipinski definition) is 3. The lowest BCUT2D eigenvalue weighted by Crippen LogP contribution is -2.28. The van der Waals surface area contributed by atoms with Crippen molar-refractivity contribution in [3.63, 3.8) is 0 Å². The van der Waals surface area contributed by atoms with Crippen molar-refractivity contribution in [3.8, 4) is 0 Å². The number of hydrogen-bond donors (Lipinski definition) is 2. The van der Waals surface area contributed by atoms with Crippen LogP contribution in [0.4, 0.5) is 5.69 Å². The number of halogens is 2. The molecule has 1 aromatic carbocycles. The van der Waals surface area contributed by atoms with Crippen molar-refractivity contribution >= 4 is 39.1 Å². The SMILES string of the molecule is COC(CN)CC(=O)Nc1ccc(Br)c(Cl)c1. The Balaban J connectivity index is 2.58. The van der Waals surface area contributed by atoms with Gasteiger partial charge in [-0.25, -0.2) is 0 Å². The van der Waals surface area contributed by atoms with Crippen LogP contribution in [0, 0.1) is 0 Å². The summed E-state index contributed by atoms with van der Waals surface area (Å²) in [5.74, 6) is -0.152. The number of carbonyl (C=O) groups is 1. The van der Waals surface area contributed by atoms with Gasteiger partial charge in [0.25, 0.3) is 0 Å². The first-order valence-electron chi connectivity index (χ1n) is 5.04. The number of methoxy groups -OCH3 is 1. The van der Waals surface area contributed by atoms with Gasteiger partial charge < -0.3 is 15.8 Å². The molecule has 1 unspecified atom stereocenters. The van der Waals surface area contributed by atoms with E-state index in [1.807, 2.05) is 0 Å². The molecule has 4 nitrogen and oxygen atoms in total. The van der Waals surface area contributed by atoms with Crippen LogP contribution in [0.2, 0.25) is 5.02 Å². The largest absolute Gasteiger partial charge is 0.380 e. The van der Waals surface area contributed by atoms with E-state index >= 15 is 0 Å². The highest BCUT2D eigenvalue weighted by molar-refractivity contribution is 9.10. The quantitative estimate of drug-likeness (QED) is 0.875. The molecule has 0 fully saturated rings. The number of nitrogens with one attached hydrogen (secondary N) is 1. The molecule has 1 amide bonds. The van der Waals surface area contributed by atoms with Crippen molar-refractivity contribution in [2.45, 2.75) is 12.5 Å². The maximum Gasteiger partial charge on any atom is 0.227 e. The van der Waals surface area contributed by atoms with Gasteiger partial charge in [0, 0.05) is 23.8 Å². The molecule has 0 heterocycles. The van der Waals surface area contributed by atoms with E-state index in [2.05, 4.69) is 21.2 Å². The molecule has 0 saturated carbocycles. The predicted molar refractivity (Wildman–Crippen MR) is 72.3 cm³/mol. The summed E-state index contributed by atoms with van der Waals surface area (Å²) in [6, 6.07) is 5.21. The minimum absolute atomic E-state index is 0.152. The van der Waals surface area contributed by atoms with Gasteiger partial charge in [-0.1, -0.05) is 11.6 Å². The number of benzene rings is 1. The smallest absolute Gasteiger partial charge is 0.227 e. The fourth-order valence-corrected chi connectivity index (χ4v) is 1.68. The van der Waals surface area contributed by atoms with E-state index in [0.717, 1.165) is 4.47 Å². The Bertz CT molecular complexity index is 397. The third kappa shape index (κ3) is 4.63. The summed E-state index contributed by atoms with van der Waals surface area (Å²) in [5, 5.41) is 3.28. The Morgan fingerprint density at radius 3 is 2.88 bits per heavy atom. The average molecular weight is 322 g/mol. The molecule has 0 spiro atoms. The van der Waals surface area contributed by atoms with Gasteiger partial charge in [-0.2, -0.15) is 0 Å². The zero-order valence-electron chi connectivity index (χ0n) is 9.37. The molecule has 0 aliphatic heterocycles. The average Bonchev–Trinajstić information content (AvgIpc) is 2.31. The molecular weight excluding hydrogens is 307 g/mol. The Morgan fingerprint density at radius 1 is 1.65 bits per heavy atom. The summed E-state index contributed by atoms with van der Waals surface area (Å²) < 4.78 is 5.82. The van der Waals surface area contributed by atoms with Crippen LogP contribution >= 0.6 is 27.5 Å². The van der Waals surface area contributed by atoms with Crippen LogP contribution < -0.4 is 11.1 Å². The topological polar surface area (TPSA) is 64.3 Å². The molecule has 0 radical (unpaired) electrons. The van der Waals surface area contributed by atoms with E-state index in [-0.39, 0.29) is 18.4 Å². The van der Waals surface area contributed by atoms with Gasteiger partial charge in [0.2, 0.25) is 5.91 Å². The molecule has 0 aliphatic rings. The molecule has 0 saturated heterocycles. The van der Waals surface area contributed by atoms with Crippen molar-refractivity contribution < 1.29 is 9.53 Å². The summed E-state index contributed by atoms with van der Waals surface area (Å²) in [5.41, 5.74) is 6.08. The highest BCUT2D eigenvalue weighted by Crippen LogP contribution is 2.25. The van der Waals surface area contributed by atoms with Gasteiger partial charge in [-0.15, -0.1) is 0 Å². The normalized spacial score (nSPS) is 12.2. The lowest BCUT2D eigenvalue weighted by atomic mass is 10.2. The number of nitrogens with two attached hydrogens (primary N) is 1. The first kappa shape index (κ1) is 14.4. The molecule has 94 valence electrons. The molecule has 17 heavy (non-hydrogen) atoms. The lowest BCUT2D eigenvalue weighted by Gasteiger charge is -2.12. The van der Waals surface area contributed by atoms with Crippen molar-refractivity contribution in [1.29, 1.82) is 0 Å². The Morgan fingerprint density at radius 2 is 2.35 bits per heavy atom.